The summed E-state index contributed by atoms with van der Waals surface area (Å²) in [5.74, 6) is -2.93. The Hall–Kier alpha value is -2.00. The topological polar surface area (TPSA) is 113 Å². The second-order valence-electron chi connectivity index (χ2n) is 5.34. The molecule has 24 heavy (non-hydrogen) atoms. The number of likely N-dealkylation sites (N-methyl/N-ethyl adjacent to an activating group) is 1. The van der Waals surface area contributed by atoms with E-state index in [1.165, 1.54) is 30.1 Å². The Bertz CT molecular complexity index is 561. The van der Waals surface area contributed by atoms with Crippen molar-refractivity contribution in [3.63, 3.8) is 0 Å². The van der Waals surface area contributed by atoms with E-state index in [4.69, 9.17) is 24.5 Å². The third-order valence-electron chi connectivity index (χ3n) is 3.27. The lowest BCUT2D eigenvalue weighted by Gasteiger charge is -2.22. The normalized spacial score (nSPS) is 14.3. The van der Waals surface area contributed by atoms with Crippen molar-refractivity contribution in [3.05, 3.63) is 11.8 Å². The maximum absolute atomic E-state index is 9.10. The first-order valence-corrected chi connectivity index (χ1v) is 8.48. The summed E-state index contributed by atoms with van der Waals surface area (Å²) >= 11 is 1.24. The highest BCUT2D eigenvalue weighted by Gasteiger charge is 2.18. The van der Waals surface area contributed by atoms with Crippen molar-refractivity contribution in [2.75, 3.05) is 26.7 Å². The zero-order valence-electron chi connectivity index (χ0n) is 13.9. The molecular formula is C15H23N3O5S. The maximum Gasteiger partial charge on any atom is 0.414 e. The van der Waals surface area contributed by atoms with Crippen LogP contribution in [0.4, 0.5) is 0 Å². The first-order valence-electron chi connectivity index (χ1n) is 7.75. The third-order valence-corrected chi connectivity index (χ3v) is 3.79. The van der Waals surface area contributed by atoms with Gasteiger partial charge in [0, 0.05) is 13.1 Å². The summed E-state index contributed by atoms with van der Waals surface area (Å²) in [6, 6.07) is 0. The molecule has 1 aliphatic heterocycles. The van der Waals surface area contributed by atoms with Crippen LogP contribution >= 0.6 is 11.7 Å². The number of hydrogen-bond acceptors (Lipinski definition) is 7. The molecule has 2 heterocycles. The van der Waals surface area contributed by atoms with E-state index in [0.717, 1.165) is 44.1 Å². The minimum atomic E-state index is -1.82. The molecule has 0 amide bonds. The van der Waals surface area contributed by atoms with Gasteiger partial charge in [-0.15, -0.1) is 4.37 Å². The Labute approximate surface area is 145 Å². The van der Waals surface area contributed by atoms with Crippen LogP contribution in [0.2, 0.25) is 0 Å². The number of ether oxygens (including phenoxy) is 1. The van der Waals surface area contributed by atoms with Crippen LogP contribution in [0.1, 0.15) is 38.3 Å². The summed E-state index contributed by atoms with van der Waals surface area (Å²) < 4.78 is 14.4. The summed E-state index contributed by atoms with van der Waals surface area (Å²) in [6.07, 6.45) is 6.85. The van der Waals surface area contributed by atoms with Gasteiger partial charge in [-0.3, -0.25) is 0 Å². The Morgan fingerprint density at radius 1 is 1.29 bits per heavy atom. The van der Waals surface area contributed by atoms with Crippen LogP contribution in [0.25, 0.3) is 5.57 Å². The molecule has 1 aromatic rings. The monoisotopic (exact) mass is 357 g/mol. The van der Waals surface area contributed by atoms with Crippen molar-refractivity contribution >= 4 is 29.2 Å². The summed E-state index contributed by atoms with van der Waals surface area (Å²) in [5.41, 5.74) is 2.20. The van der Waals surface area contributed by atoms with Crippen molar-refractivity contribution in [3.8, 4) is 5.88 Å². The number of aliphatic carboxylic acids is 2. The van der Waals surface area contributed by atoms with Crippen molar-refractivity contribution < 1.29 is 24.5 Å². The predicted molar refractivity (Wildman–Crippen MR) is 90.3 cm³/mol. The molecule has 8 nitrogen and oxygen atoms in total. The molecule has 0 radical (unpaired) electrons. The molecule has 1 aliphatic rings. The molecule has 0 saturated heterocycles. The van der Waals surface area contributed by atoms with Crippen molar-refractivity contribution in [2.24, 2.45) is 0 Å². The standard InChI is InChI=1S/C13H21N3OS.C2H2O4/c1-3-4-5-9-17-13-12(14-18-15-13)11-7-6-8-16(2)10-11;3-1(4)2(5)6/h7H,3-6,8-10H2,1-2H3;(H,3,4)(H,5,6). The van der Waals surface area contributed by atoms with Gasteiger partial charge in [0.05, 0.1) is 18.3 Å². The van der Waals surface area contributed by atoms with Crippen LogP contribution in [-0.4, -0.2) is 62.5 Å². The Morgan fingerprint density at radius 2 is 2.00 bits per heavy atom. The molecule has 9 heteroatoms. The van der Waals surface area contributed by atoms with Gasteiger partial charge in [0.2, 0.25) is 0 Å². The van der Waals surface area contributed by atoms with Crippen molar-refractivity contribution in [1.29, 1.82) is 0 Å². The molecule has 1 aromatic heterocycles. The molecule has 0 spiro atoms. The number of carboxylic acids is 2. The van der Waals surface area contributed by atoms with Gasteiger partial charge in [-0.05, 0) is 25.5 Å². The van der Waals surface area contributed by atoms with Gasteiger partial charge in [0.25, 0.3) is 5.88 Å². The van der Waals surface area contributed by atoms with Crippen LogP contribution in [0.3, 0.4) is 0 Å². The quantitative estimate of drug-likeness (QED) is 0.587. The average Bonchev–Trinajstić information content (AvgIpc) is 3.00. The number of carboxylic acid groups (broad SMARTS) is 2. The fourth-order valence-electron chi connectivity index (χ4n) is 2.06. The number of unbranched alkanes of at least 4 members (excludes halogenated alkanes) is 2. The number of aromatic nitrogens is 2. The van der Waals surface area contributed by atoms with Crippen LogP contribution in [0, 0.1) is 0 Å². The highest BCUT2D eigenvalue weighted by atomic mass is 32.1. The number of nitrogens with zero attached hydrogens (tertiary/aromatic N) is 3. The van der Waals surface area contributed by atoms with E-state index in [-0.39, 0.29) is 0 Å². The van der Waals surface area contributed by atoms with Crippen molar-refractivity contribution in [1.82, 2.24) is 13.6 Å². The van der Waals surface area contributed by atoms with Crippen molar-refractivity contribution in [2.45, 2.75) is 32.6 Å². The lowest BCUT2D eigenvalue weighted by atomic mass is 10.1. The highest BCUT2D eigenvalue weighted by molar-refractivity contribution is 6.99. The molecular weight excluding hydrogens is 334 g/mol. The molecule has 0 aliphatic carbocycles. The van der Waals surface area contributed by atoms with Crippen LogP contribution in [-0.2, 0) is 9.59 Å². The molecule has 134 valence electrons. The van der Waals surface area contributed by atoms with E-state index >= 15 is 0 Å². The zero-order chi connectivity index (χ0) is 17.9. The summed E-state index contributed by atoms with van der Waals surface area (Å²) in [4.78, 5) is 20.5. The molecule has 0 fully saturated rings. The van der Waals surface area contributed by atoms with Crippen LogP contribution < -0.4 is 4.74 Å². The van der Waals surface area contributed by atoms with Gasteiger partial charge in [-0.1, -0.05) is 25.8 Å². The van der Waals surface area contributed by atoms with E-state index in [1.807, 2.05) is 0 Å². The fourth-order valence-corrected chi connectivity index (χ4v) is 2.59. The average molecular weight is 357 g/mol. The lowest BCUT2D eigenvalue weighted by Crippen LogP contribution is -2.25. The van der Waals surface area contributed by atoms with E-state index in [0.29, 0.717) is 0 Å². The minimum Gasteiger partial charge on any atom is -0.475 e. The first-order chi connectivity index (χ1) is 11.5. The fraction of sp³-hybridized carbons (Fsp3) is 0.600. The van der Waals surface area contributed by atoms with E-state index < -0.39 is 11.9 Å². The SMILES string of the molecule is CCCCCOc1nsnc1C1=CCCN(C)C1.O=C(O)C(=O)O. The van der Waals surface area contributed by atoms with Crippen LogP contribution in [0.5, 0.6) is 5.88 Å². The molecule has 2 N–H and O–H groups in total. The smallest absolute Gasteiger partial charge is 0.414 e. The summed E-state index contributed by atoms with van der Waals surface area (Å²) in [7, 11) is 2.13. The molecule has 0 saturated carbocycles. The van der Waals surface area contributed by atoms with Gasteiger partial charge in [-0.2, -0.15) is 4.37 Å². The molecule has 0 unspecified atom stereocenters. The van der Waals surface area contributed by atoms with Gasteiger partial charge >= 0.3 is 11.9 Å². The molecule has 2 rings (SSSR count). The minimum absolute atomic E-state index is 0.720. The van der Waals surface area contributed by atoms with Gasteiger partial charge in [0.1, 0.15) is 5.69 Å². The van der Waals surface area contributed by atoms with Gasteiger partial charge in [-0.25, -0.2) is 9.59 Å². The number of hydrogen-bond donors (Lipinski definition) is 2. The van der Waals surface area contributed by atoms with E-state index in [9.17, 15) is 0 Å². The summed E-state index contributed by atoms with van der Waals surface area (Å²) in [5, 5.41) is 14.8. The largest absolute Gasteiger partial charge is 0.475 e. The number of carbonyl (C=O) groups is 2. The second kappa shape index (κ2) is 10.7. The zero-order valence-corrected chi connectivity index (χ0v) is 14.7. The van der Waals surface area contributed by atoms with Gasteiger partial charge in [0.15, 0.2) is 0 Å². The van der Waals surface area contributed by atoms with Gasteiger partial charge < -0.3 is 19.8 Å². The Morgan fingerprint density at radius 3 is 2.58 bits per heavy atom. The molecule has 0 bridgehead atoms. The maximum atomic E-state index is 9.10. The third kappa shape index (κ3) is 7.05. The van der Waals surface area contributed by atoms with Crippen LogP contribution in [0.15, 0.2) is 6.08 Å². The Kier molecular flexibility index (Phi) is 8.95. The van der Waals surface area contributed by atoms with E-state index in [2.05, 4.69) is 33.7 Å². The Balaban J connectivity index is 0.000000413. The number of rotatable bonds is 6. The highest BCUT2D eigenvalue weighted by Crippen LogP contribution is 2.27. The van der Waals surface area contributed by atoms with E-state index in [1.54, 1.807) is 0 Å². The lowest BCUT2D eigenvalue weighted by molar-refractivity contribution is -0.159. The second-order valence-corrected chi connectivity index (χ2v) is 5.87. The first kappa shape index (κ1) is 20.0. The molecule has 0 atom stereocenters. The molecule has 0 aromatic carbocycles. The predicted octanol–water partition coefficient (Wildman–Crippen LogP) is 1.98. The summed E-state index contributed by atoms with van der Waals surface area (Å²) in [6.45, 7) is 5.00.